The first-order chi connectivity index (χ1) is 6.10. The van der Waals surface area contributed by atoms with Gasteiger partial charge in [-0.3, -0.25) is 0 Å². The van der Waals surface area contributed by atoms with Crippen LogP contribution in [-0.2, 0) is 4.79 Å². The van der Waals surface area contributed by atoms with E-state index in [1.165, 1.54) is 0 Å². The van der Waals surface area contributed by atoms with Crippen molar-refractivity contribution in [3.05, 3.63) is 0 Å². The van der Waals surface area contributed by atoms with Crippen LogP contribution < -0.4 is 0 Å². The first-order valence-electron chi connectivity index (χ1n) is 4.75. The van der Waals surface area contributed by atoms with Gasteiger partial charge < -0.3 is 10.0 Å². The van der Waals surface area contributed by atoms with E-state index in [4.69, 9.17) is 5.11 Å². The topological polar surface area (TPSA) is 40.5 Å². The van der Waals surface area contributed by atoms with E-state index in [9.17, 15) is 9.18 Å². The second-order valence-electron chi connectivity index (χ2n) is 4.18. The number of carbonyl (C=O) groups is 1. The van der Waals surface area contributed by atoms with Crippen molar-refractivity contribution in [2.75, 3.05) is 19.6 Å². The molecule has 74 valence electrons. The zero-order valence-corrected chi connectivity index (χ0v) is 7.50. The van der Waals surface area contributed by atoms with E-state index in [0.717, 1.165) is 19.5 Å². The van der Waals surface area contributed by atoms with Crippen molar-refractivity contribution in [3.63, 3.8) is 0 Å². The Balaban J connectivity index is 2.12. The van der Waals surface area contributed by atoms with Crippen molar-refractivity contribution in [2.45, 2.75) is 24.9 Å². The van der Waals surface area contributed by atoms with E-state index in [1.54, 1.807) is 0 Å². The predicted molar refractivity (Wildman–Crippen MR) is 45.3 cm³/mol. The minimum atomic E-state index is -1.96. The van der Waals surface area contributed by atoms with Gasteiger partial charge in [0, 0.05) is 19.5 Å². The summed E-state index contributed by atoms with van der Waals surface area (Å²) in [6.07, 6.45) is 1.32. The fraction of sp³-hybridized carbons (Fsp3) is 0.889. The quantitative estimate of drug-likeness (QED) is 0.663. The third-order valence-corrected chi connectivity index (χ3v) is 3.19. The Hall–Kier alpha value is -0.640. The molecule has 2 rings (SSSR count). The number of halogens is 1. The fourth-order valence-electron chi connectivity index (χ4n) is 2.37. The van der Waals surface area contributed by atoms with Crippen molar-refractivity contribution in [3.8, 4) is 0 Å². The number of hydrogen-bond acceptors (Lipinski definition) is 2. The molecular weight excluding hydrogens is 173 g/mol. The van der Waals surface area contributed by atoms with Gasteiger partial charge in [0.05, 0.1) is 0 Å². The zero-order chi connectivity index (χ0) is 9.47. The average Bonchev–Trinajstić information content (AvgIpc) is 2.39. The van der Waals surface area contributed by atoms with Gasteiger partial charge in [-0.15, -0.1) is 0 Å². The lowest BCUT2D eigenvalue weighted by atomic mass is 9.89. The molecule has 3 nitrogen and oxygen atoms in total. The predicted octanol–water partition coefficient (Wildman–Crippen LogP) is 0.895. The highest BCUT2D eigenvalue weighted by Crippen LogP contribution is 2.35. The van der Waals surface area contributed by atoms with Gasteiger partial charge in [-0.1, -0.05) is 0 Å². The van der Waals surface area contributed by atoms with Crippen LogP contribution in [0.3, 0.4) is 0 Å². The molecule has 0 radical (unpaired) electrons. The number of rotatable bonds is 1. The number of aliphatic carboxylic acids is 1. The van der Waals surface area contributed by atoms with Gasteiger partial charge in [0.2, 0.25) is 5.67 Å². The number of hydrogen-bond donors (Lipinski definition) is 1. The largest absolute Gasteiger partial charge is 0.479 e. The lowest BCUT2D eigenvalue weighted by Crippen LogP contribution is -2.37. The molecule has 2 heterocycles. The molecular formula is C9H14FNO2. The Morgan fingerprint density at radius 2 is 2.31 bits per heavy atom. The molecule has 0 amide bonds. The fourth-order valence-corrected chi connectivity index (χ4v) is 2.37. The highest BCUT2D eigenvalue weighted by molar-refractivity contribution is 5.77. The average molecular weight is 187 g/mol. The number of nitrogens with zero attached hydrogens (tertiary/aromatic N) is 1. The molecule has 0 aromatic carbocycles. The van der Waals surface area contributed by atoms with Crippen molar-refractivity contribution < 1.29 is 14.3 Å². The first-order valence-corrected chi connectivity index (χ1v) is 4.75. The van der Waals surface area contributed by atoms with E-state index in [1.807, 2.05) is 0 Å². The van der Waals surface area contributed by atoms with E-state index < -0.39 is 11.6 Å². The van der Waals surface area contributed by atoms with Crippen molar-refractivity contribution >= 4 is 5.97 Å². The van der Waals surface area contributed by atoms with Crippen LogP contribution in [0.15, 0.2) is 0 Å². The van der Waals surface area contributed by atoms with Crippen LogP contribution in [0, 0.1) is 5.92 Å². The summed E-state index contributed by atoms with van der Waals surface area (Å²) < 4.78 is 13.8. The van der Waals surface area contributed by atoms with Crippen LogP contribution in [0.2, 0.25) is 0 Å². The maximum atomic E-state index is 13.8. The minimum absolute atomic E-state index is 0.152. The second kappa shape index (κ2) is 2.94. The van der Waals surface area contributed by atoms with Gasteiger partial charge in [0.15, 0.2) is 0 Å². The number of carboxylic acids is 1. The summed E-state index contributed by atoms with van der Waals surface area (Å²) in [7, 11) is 0. The lowest BCUT2D eigenvalue weighted by Gasteiger charge is -2.22. The molecule has 4 heteroatoms. The number of alkyl halides is 1. The molecule has 2 aliphatic rings. The molecule has 0 aliphatic carbocycles. The van der Waals surface area contributed by atoms with E-state index in [2.05, 4.69) is 4.90 Å². The summed E-state index contributed by atoms with van der Waals surface area (Å²) in [5, 5.41) is 8.76. The molecule has 2 aliphatic heterocycles. The molecule has 0 spiro atoms. The van der Waals surface area contributed by atoms with E-state index >= 15 is 0 Å². The number of fused-ring (bicyclic) bond motifs is 2. The smallest absolute Gasteiger partial charge is 0.341 e. The normalized spacial score (nSPS) is 44.4. The van der Waals surface area contributed by atoms with E-state index in [0.29, 0.717) is 6.54 Å². The SMILES string of the molecule is O=C(O)C1(F)CCN2CCC(C2)C1. The minimum Gasteiger partial charge on any atom is -0.479 e. The van der Waals surface area contributed by atoms with Crippen molar-refractivity contribution in [2.24, 2.45) is 5.92 Å². The van der Waals surface area contributed by atoms with Crippen LogP contribution in [0.4, 0.5) is 4.39 Å². The zero-order valence-electron chi connectivity index (χ0n) is 7.50. The highest BCUT2D eigenvalue weighted by Gasteiger charge is 2.45. The van der Waals surface area contributed by atoms with Gasteiger partial charge in [-0.2, -0.15) is 0 Å². The molecule has 0 aromatic rings. The Morgan fingerprint density at radius 1 is 1.54 bits per heavy atom. The standard InChI is InChI=1S/C9H14FNO2/c10-9(8(12)13)2-4-11-3-1-7(5-9)6-11/h7H,1-6H2,(H,12,13). The van der Waals surface area contributed by atoms with Gasteiger partial charge in [0.25, 0.3) is 0 Å². The molecule has 2 fully saturated rings. The van der Waals surface area contributed by atoms with Gasteiger partial charge in [-0.25, -0.2) is 9.18 Å². The van der Waals surface area contributed by atoms with Crippen LogP contribution in [-0.4, -0.2) is 41.3 Å². The van der Waals surface area contributed by atoms with Crippen molar-refractivity contribution in [1.82, 2.24) is 4.90 Å². The van der Waals surface area contributed by atoms with Gasteiger partial charge >= 0.3 is 5.97 Å². The molecule has 13 heavy (non-hydrogen) atoms. The Kier molecular flexibility index (Phi) is 2.02. The van der Waals surface area contributed by atoms with Crippen LogP contribution in [0.5, 0.6) is 0 Å². The maximum Gasteiger partial charge on any atom is 0.341 e. The number of carboxylic acid groups (broad SMARTS) is 1. The summed E-state index contributed by atoms with van der Waals surface area (Å²) >= 11 is 0. The third kappa shape index (κ3) is 1.55. The van der Waals surface area contributed by atoms with Gasteiger partial charge in [-0.05, 0) is 25.3 Å². The molecule has 3 atom stereocenters. The molecule has 0 saturated carbocycles. The molecule has 0 aromatic heterocycles. The summed E-state index contributed by atoms with van der Waals surface area (Å²) in [6.45, 7) is 2.50. The highest BCUT2D eigenvalue weighted by atomic mass is 19.1. The first kappa shape index (κ1) is 8.94. The lowest BCUT2D eigenvalue weighted by molar-refractivity contribution is -0.152. The van der Waals surface area contributed by atoms with E-state index in [-0.39, 0.29) is 18.8 Å². The summed E-state index contributed by atoms with van der Waals surface area (Å²) in [6, 6.07) is 0. The van der Waals surface area contributed by atoms with Crippen molar-refractivity contribution in [1.29, 1.82) is 0 Å². The van der Waals surface area contributed by atoms with Crippen LogP contribution in [0.1, 0.15) is 19.3 Å². The molecule has 1 N–H and O–H groups in total. The second-order valence-corrected chi connectivity index (χ2v) is 4.18. The molecule has 2 bridgehead atoms. The summed E-state index contributed by atoms with van der Waals surface area (Å²) in [5.41, 5.74) is -1.96. The Morgan fingerprint density at radius 3 is 3.00 bits per heavy atom. The Bertz CT molecular complexity index is 234. The van der Waals surface area contributed by atoms with Crippen LogP contribution >= 0.6 is 0 Å². The monoisotopic (exact) mass is 187 g/mol. The van der Waals surface area contributed by atoms with Crippen LogP contribution in [0.25, 0.3) is 0 Å². The summed E-state index contributed by atoms with van der Waals surface area (Å²) in [5.74, 6) is -1.02. The third-order valence-electron chi connectivity index (χ3n) is 3.19. The maximum absolute atomic E-state index is 13.8. The summed E-state index contributed by atoms with van der Waals surface area (Å²) in [4.78, 5) is 12.9. The van der Waals surface area contributed by atoms with Gasteiger partial charge in [0.1, 0.15) is 0 Å². The Labute approximate surface area is 76.5 Å². The molecule has 2 saturated heterocycles. The molecule has 3 unspecified atom stereocenters.